The number of benzene rings is 1. The largest absolute Gasteiger partial charge is 0.494 e. The van der Waals surface area contributed by atoms with Gasteiger partial charge in [0.1, 0.15) is 5.75 Å². The van der Waals surface area contributed by atoms with Crippen LogP contribution in [0.2, 0.25) is 0 Å². The summed E-state index contributed by atoms with van der Waals surface area (Å²) in [5.74, 6) is 1.12. The van der Waals surface area contributed by atoms with E-state index in [9.17, 15) is 9.59 Å². The molecule has 0 bridgehead atoms. The van der Waals surface area contributed by atoms with Crippen molar-refractivity contribution in [1.82, 2.24) is 15.1 Å². The number of furan rings is 1. The molecule has 1 saturated heterocycles. The monoisotopic (exact) mass is 385 g/mol. The van der Waals surface area contributed by atoms with Crippen molar-refractivity contribution in [2.24, 2.45) is 0 Å². The minimum Gasteiger partial charge on any atom is -0.494 e. The third kappa shape index (κ3) is 5.06. The van der Waals surface area contributed by atoms with Gasteiger partial charge in [0.2, 0.25) is 0 Å². The summed E-state index contributed by atoms with van der Waals surface area (Å²) in [6.07, 6.45) is 3.18. The summed E-state index contributed by atoms with van der Waals surface area (Å²) in [7, 11) is 0. The van der Waals surface area contributed by atoms with Crippen LogP contribution in [0.25, 0.3) is 0 Å². The number of para-hydroxylation sites is 1. The quantitative estimate of drug-likeness (QED) is 0.744. The molecule has 1 aliphatic heterocycles. The maximum absolute atomic E-state index is 12.4. The molecule has 0 saturated carbocycles. The van der Waals surface area contributed by atoms with Gasteiger partial charge in [0.25, 0.3) is 5.91 Å². The second-order valence-corrected chi connectivity index (χ2v) is 6.63. The Bertz CT molecular complexity index is 768. The lowest BCUT2D eigenvalue weighted by molar-refractivity contribution is 0.0634. The van der Waals surface area contributed by atoms with Gasteiger partial charge < -0.3 is 24.3 Å². The standard InChI is InChI=1S/C21H27N3O4/c1-2-27-18-9-4-3-7-17(18)8-5-11-22-21(26)24-14-12-23(13-15-24)20(25)19-10-6-16-28-19/h3-4,6-7,9-10,16H,2,5,8,11-15H2,1H3,(H,22,26). The van der Waals surface area contributed by atoms with Crippen molar-refractivity contribution in [1.29, 1.82) is 0 Å². The van der Waals surface area contributed by atoms with Crippen molar-refractivity contribution in [2.45, 2.75) is 19.8 Å². The molecule has 0 radical (unpaired) electrons. The zero-order valence-electron chi connectivity index (χ0n) is 16.2. The molecule has 0 aliphatic carbocycles. The zero-order chi connectivity index (χ0) is 19.8. The summed E-state index contributed by atoms with van der Waals surface area (Å²) < 4.78 is 10.8. The molecular weight excluding hydrogens is 358 g/mol. The highest BCUT2D eigenvalue weighted by atomic mass is 16.5. The van der Waals surface area contributed by atoms with Crippen LogP contribution < -0.4 is 10.1 Å². The summed E-state index contributed by atoms with van der Waals surface area (Å²) in [6.45, 7) is 5.27. The predicted molar refractivity (Wildman–Crippen MR) is 106 cm³/mol. The average Bonchev–Trinajstić information content (AvgIpc) is 3.27. The topological polar surface area (TPSA) is 75.0 Å². The minimum atomic E-state index is -0.127. The van der Waals surface area contributed by atoms with E-state index >= 15 is 0 Å². The summed E-state index contributed by atoms with van der Waals surface area (Å²) in [4.78, 5) is 28.1. The second-order valence-electron chi connectivity index (χ2n) is 6.63. The van der Waals surface area contributed by atoms with Gasteiger partial charge in [0.05, 0.1) is 12.9 Å². The Kier molecular flexibility index (Phi) is 6.94. The number of carbonyl (C=O) groups excluding carboxylic acids is 2. The fraction of sp³-hybridized carbons (Fsp3) is 0.429. The molecule has 1 fully saturated rings. The number of rotatable bonds is 7. The van der Waals surface area contributed by atoms with Crippen LogP contribution in [-0.2, 0) is 6.42 Å². The lowest BCUT2D eigenvalue weighted by Crippen LogP contribution is -2.53. The van der Waals surface area contributed by atoms with E-state index in [1.807, 2.05) is 25.1 Å². The first-order chi connectivity index (χ1) is 13.7. The van der Waals surface area contributed by atoms with E-state index < -0.39 is 0 Å². The molecule has 2 heterocycles. The maximum Gasteiger partial charge on any atom is 0.317 e. The van der Waals surface area contributed by atoms with Crippen molar-refractivity contribution in [3.05, 3.63) is 54.0 Å². The normalized spacial score (nSPS) is 14.0. The highest BCUT2D eigenvalue weighted by molar-refractivity contribution is 5.91. The molecule has 3 rings (SSSR count). The maximum atomic E-state index is 12.4. The molecule has 3 amide bonds. The van der Waals surface area contributed by atoms with Crippen LogP contribution in [0, 0.1) is 0 Å². The van der Waals surface area contributed by atoms with Gasteiger partial charge in [-0.3, -0.25) is 4.79 Å². The first-order valence-electron chi connectivity index (χ1n) is 9.75. The number of urea groups is 1. The molecule has 1 aliphatic rings. The van der Waals surface area contributed by atoms with E-state index in [4.69, 9.17) is 9.15 Å². The molecule has 150 valence electrons. The molecule has 28 heavy (non-hydrogen) atoms. The van der Waals surface area contributed by atoms with Gasteiger partial charge in [-0.15, -0.1) is 0 Å². The number of hydrogen-bond acceptors (Lipinski definition) is 4. The Balaban J connectivity index is 1.38. The van der Waals surface area contributed by atoms with Gasteiger partial charge in [-0.1, -0.05) is 18.2 Å². The molecular formula is C21H27N3O4. The third-order valence-electron chi connectivity index (χ3n) is 4.76. The molecule has 1 aromatic carbocycles. The second kappa shape index (κ2) is 9.82. The number of ether oxygens (including phenoxy) is 1. The third-order valence-corrected chi connectivity index (χ3v) is 4.76. The Morgan fingerprint density at radius 3 is 2.54 bits per heavy atom. The first-order valence-corrected chi connectivity index (χ1v) is 9.75. The van der Waals surface area contributed by atoms with Crippen molar-refractivity contribution < 1.29 is 18.7 Å². The minimum absolute atomic E-state index is 0.0804. The Morgan fingerprint density at radius 2 is 1.82 bits per heavy atom. The number of piperazine rings is 1. The fourth-order valence-corrected chi connectivity index (χ4v) is 3.26. The molecule has 1 aromatic heterocycles. The lowest BCUT2D eigenvalue weighted by atomic mass is 10.1. The summed E-state index contributed by atoms with van der Waals surface area (Å²) in [5.41, 5.74) is 1.16. The van der Waals surface area contributed by atoms with Crippen LogP contribution in [0.15, 0.2) is 47.1 Å². The Labute approximate surface area is 165 Å². The highest BCUT2D eigenvalue weighted by Gasteiger charge is 2.25. The number of nitrogens with one attached hydrogen (secondary N) is 1. The van der Waals surface area contributed by atoms with Crippen LogP contribution in [0.3, 0.4) is 0 Å². The molecule has 1 N–H and O–H groups in total. The van der Waals surface area contributed by atoms with Crippen molar-refractivity contribution in [2.75, 3.05) is 39.3 Å². The fourth-order valence-electron chi connectivity index (χ4n) is 3.26. The molecule has 7 nitrogen and oxygen atoms in total. The predicted octanol–water partition coefficient (Wildman–Crippen LogP) is 2.78. The number of aryl methyl sites for hydroxylation is 1. The number of amides is 3. The summed E-state index contributed by atoms with van der Waals surface area (Å²) >= 11 is 0. The van der Waals surface area contributed by atoms with E-state index in [-0.39, 0.29) is 11.9 Å². The van der Waals surface area contributed by atoms with E-state index in [0.29, 0.717) is 45.1 Å². The van der Waals surface area contributed by atoms with Gasteiger partial charge in [0, 0.05) is 32.7 Å². The first kappa shape index (κ1) is 19.8. The highest BCUT2D eigenvalue weighted by Crippen LogP contribution is 2.19. The Hall–Kier alpha value is -2.96. The van der Waals surface area contributed by atoms with E-state index in [1.165, 1.54) is 6.26 Å². The smallest absolute Gasteiger partial charge is 0.317 e. The SMILES string of the molecule is CCOc1ccccc1CCCNC(=O)N1CCN(C(=O)c2ccco2)CC1. The summed E-state index contributed by atoms with van der Waals surface area (Å²) in [6, 6.07) is 11.3. The number of carbonyl (C=O) groups is 2. The molecule has 2 aromatic rings. The van der Waals surface area contributed by atoms with Gasteiger partial charge in [0.15, 0.2) is 5.76 Å². The van der Waals surface area contributed by atoms with Crippen LogP contribution in [0.5, 0.6) is 5.75 Å². The van der Waals surface area contributed by atoms with Crippen molar-refractivity contribution in [3.63, 3.8) is 0 Å². The molecule has 0 unspecified atom stereocenters. The van der Waals surface area contributed by atoms with Gasteiger partial charge >= 0.3 is 6.03 Å². The van der Waals surface area contributed by atoms with Crippen molar-refractivity contribution >= 4 is 11.9 Å². The number of hydrogen-bond donors (Lipinski definition) is 1. The van der Waals surface area contributed by atoms with Crippen LogP contribution in [0.1, 0.15) is 29.5 Å². The van der Waals surface area contributed by atoms with Gasteiger partial charge in [-0.25, -0.2) is 4.79 Å². The lowest BCUT2D eigenvalue weighted by Gasteiger charge is -2.34. The zero-order valence-corrected chi connectivity index (χ0v) is 16.2. The average molecular weight is 385 g/mol. The van der Waals surface area contributed by atoms with Gasteiger partial charge in [-0.05, 0) is 43.5 Å². The Morgan fingerprint density at radius 1 is 1.07 bits per heavy atom. The summed E-state index contributed by atoms with van der Waals surface area (Å²) in [5, 5.41) is 2.97. The van der Waals surface area contributed by atoms with Crippen LogP contribution in [-0.4, -0.2) is 61.1 Å². The molecule has 0 atom stereocenters. The van der Waals surface area contributed by atoms with E-state index in [2.05, 4.69) is 11.4 Å². The van der Waals surface area contributed by atoms with Gasteiger partial charge in [-0.2, -0.15) is 0 Å². The van der Waals surface area contributed by atoms with Crippen LogP contribution >= 0.6 is 0 Å². The van der Waals surface area contributed by atoms with E-state index in [0.717, 1.165) is 24.2 Å². The number of nitrogens with zero attached hydrogens (tertiary/aromatic N) is 2. The van der Waals surface area contributed by atoms with E-state index in [1.54, 1.807) is 21.9 Å². The molecule has 0 spiro atoms. The molecule has 7 heteroatoms. The van der Waals surface area contributed by atoms with Crippen LogP contribution in [0.4, 0.5) is 4.79 Å². The van der Waals surface area contributed by atoms with Crippen molar-refractivity contribution in [3.8, 4) is 5.75 Å².